The largest absolute Gasteiger partial charge is 0.351 e. The highest BCUT2D eigenvalue weighted by Crippen LogP contribution is 2.32. The number of hydrogen-bond acceptors (Lipinski definition) is 5. The van der Waals surface area contributed by atoms with Crippen molar-refractivity contribution in [3.05, 3.63) is 80.7 Å². The first-order valence-electron chi connectivity index (χ1n) is 9.37. The Balaban J connectivity index is 1.50. The molecule has 2 aromatic heterocycles. The van der Waals surface area contributed by atoms with Crippen LogP contribution in [0.1, 0.15) is 12.5 Å². The first-order valence-corrected chi connectivity index (χ1v) is 11.5. The van der Waals surface area contributed by atoms with Crippen LogP contribution < -0.4 is 10.9 Å². The lowest BCUT2D eigenvalue weighted by atomic mass is 10.1. The minimum atomic E-state index is -0.473. The van der Waals surface area contributed by atoms with Gasteiger partial charge in [0.05, 0.1) is 10.6 Å². The van der Waals surface area contributed by atoms with Gasteiger partial charge in [0.1, 0.15) is 10.6 Å². The molecule has 31 heavy (non-hydrogen) atoms. The number of fused-ring (bicyclic) bond motifs is 1. The van der Waals surface area contributed by atoms with Gasteiger partial charge in [0, 0.05) is 22.5 Å². The molecule has 4 aromatic rings. The minimum absolute atomic E-state index is 0.189. The summed E-state index contributed by atoms with van der Waals surface area (Å²) in [6.45, 7) is 2.06. The second-order valence-electron chi connectivity index (χ2n) is 6.78. The maximum Gasteiger partial charge on any atom is 0.260 e. The zero-order chi connectivity index (χ0) is 22.0. The molecule has 2 N–H and O–H groups in total. The number of carbonyl (C=O) groups excluding carboxylic acids is 1. The van der Waals surface area contributed by atoms with Gasteiger partial charge in [-0.3, -0.25) is 9.59 Å². The SMILES string of the molecule is CC(Sc1nc2scc(-c3ccc(F)cc3)c2c(=O)[nH]1)C(=O)NCc1ccccc1Cl. The van der Waals surface area contributed by atoms with E-state index in [0.29, 0.717) is 32.5 Å². The molecular weight excluding hydrogens is 457 g/mol. The fraction of sp³-hybridized carbons (Fsp3) is 0.136. The molecule has 4 rings (SSSR count). The summed E-state index contributed by atoms with van der Waals surface area (Å²) in [6.07, 6.45) is 0. The molecule has 2 heterocycles. The molecule has 0 saturated heterocycles. The highest BCUT2D eigenvalue weighted by atomic mass is 35.5. The monoisotopic (exact) mass is 473 g/mol. The Kier molecular flexibility index (Phi) is 6.41. The van der Waals surface area contributed by atoms with Crippen molar-refractivity contribution in [1.82, 2.24) is 15.3 Å². The van der Waals surface area contributed by atoms with E-state index in [0.717, 1.165) is 11.1 Å². The average molecular weight is 474 g/mol. The molecule has 0 radical (unpaired) electrons. The second kappa shape index (κ2) is 9.21. The number of rotatable bonds is 6. The second-order valence-corrected chi connectivity index (χ2v) is 9.37. The first-order chi connectivity index (χ1) is 14.9. The van der Waals surface area contributed by atoms with Gasteiger partial charge in [-0.1, -0.05) is 53.7 Å². The number of hydrogen-bond donors (Lipinski definition) is 2. The highest BCUT2D eigenvalue weighted by Gasteiger charge is 2.18. The van der Waals surface area contributed by atoms with Crippen molar-refractivity contribution in [3.63, 3.8) is 0 Å². The molecule has 1 atom stereocenters. The lowest BCUT2D eigenvalue weighted by Crippen LogP contribution is -2.30. The van der Waals surface area contributed by atoms with E-state index in [1.54, 1.807) is 25.1 Å². The summed E-state index contributed by atoms with van der Waals surface area (Å²) in [5, 5.41) is 5.62. The third-order valence-corrected chi connectivity index (χ3v) is 6.87. The zero-order valence-electron chi connectivity index (χ0n) is 16.3. The molecule has 0 aliphatic heterocycles. The van der Waals surface area contributed by atoms with Gasteiger partial charge in [0.2, 0.25) is 5.91 Å². The molecule has 0 spiro atoms. The zero-order valence-corrected chi connectivity index (χ0v) is 18.7. The number of amides is 1. The summed E-state index contributed by atoms with van der Waals surface area (Å²) in [7, 11) is 0. The third kappa shape index (κ3) is 4.81. The van der Waals surface area contributed by atoms with E-state index in [1.165, 1.54) is 35.2 Å². The van der Waals surface area contributed by atoms with Crippen LogP contribution in [0, 0.1) is 5.82 Å². The van der Waals surface area contributed by atoms with E-state index < -0.39 is 5.25 Å². The summed E-state index contributed by atoms with van der Waals surface area (Å²) >= 11 is 8.63. The lowest BCUT2D eigenvalue weighted by molar-refractivity contribution is -0.120. The number of nitrogens with zero attached hydrogens (tertiary/aromatic N) is 1. The Hall–Kier alpha value is -2.68. The number of carbonyl (C=O) groups is 1. The molecular formula is C22H17ClFN3O2S2. The van der Waals surface area contributed by atoms with E-state index >= 15 is 0 Å². The van der Waals surface area contributed by atoms with Crippen molar-refractivity contribution in [3.8, 4) is 11.1 Å². The van der Waals surface area contributed by atoms with Crippen LogP contribution in [0.15, 0.2) is 63.9 Å². The summed E-state index contributed by atoms with van der Waals surface area (Å²) in [5.41, 5.74) is 1.98. The average Bonchev–Trinajstić information content (AvgIpc) is 3.18. The number of aromatic nitrogens is 2. The van der Waals surface area contributed by atoms with Gasteiger partial charge in [-0.25, -0.2) is 9.37 Å². The maximum absolute atomic E-state index is 13.2. The van der Waals surface area contributed by atoms with E-state index in [2.05, 4.69) is 15.3 Å². The van der Waals surface area contributed by atoms with Crippen molar-refractivity contribution in [2.45, 2.75) is 23.9 Å². The summed E-state index contributed by atoms with van der Waals surface area (Å²) in [5.74, 6) is -0.526. The molecule has 158 valence electrons. The van der Waals surface area contributed by atoms with Gasteiger partial charge >= 0.3 is 0 Å². The molecule has 1 amide bonds. The van der Waals surface area contributed by atoms with Gasteiger partial charge < -0.3 is 10.3 Å². The van der Waals surface area contributed by atoms with Crippen molar-refractivity contribution in [1.29, 1.82) is 0 Å². The Bertz CT molecular complexity index is 1300. The Morgan fingerprint density at radius 2 is 2.00 bits per heavy atom. The van der Waals surface area contributed by atoms with E-state index in [9.17, 15) is 14.0 Å². The first kappa shape index (κ1) is 21.5. The number of thiophene rings is 1. The van der Waals surface area contributed by atoms with Crippen molar-refractivity contribution >= 4 is 50.8 Å². The predicted octanol–water partition coefficient (Wildman–Crippen LogP) is 5.24. The number of aromatic amines is 1. The number of thioether (sulfide) groups is 1. The fourth-order valence-corrected chi connectivity index (χ4v) is 5.04. The molecule has 0 saturated carbocycles. The van der Waals surface area contributed by atoms with Gasteiger partial charge in [-0.15, -0.1) is 11.3 Å². The highest BCUT2D eigenvalue weighted by molar-refractivity contribution is 8.00. The van der Waals surface area contributed by atoms with E-state index in [-0.39, 0.29) is 17.3 Å². The van der Waals surface area contributed by atoms with Gasteiger partial charge in [0.25, 0.3) is 5.56 Å². The molecule has 0 bridgehead atoms. The van der Waals surface area contributed by atoms with Crippen molar-refractivity contribution in [2.75, 3.05) is 0 Å². The molecule has 1 unspecified atom stereocenters. The molecule has 0 fully saturated rings. The normalized spacial score (nSPS) is 12.1. The predicted molar refractivity (Wildman–Crippen MR) is 124 cm³/mol. The van der Waals surface area contributed by atoms with Gasteiger partial charge in [0.15, 0.2) is 5.16 Å². The Morgan fingerprint density at radius 1 is 1.26 bits per heavy atom. The van der Waals surface area contributed by atoms with Crippen molar-refractivity contribution < 1.29 is 9.18 Å². The fourth-order valence-electron chi connectivity index (χ4n) is 3.02. The van der Waals surface area contributed by atoms with Crippen LogP contribution >= 0.6 is 34.7 Å². The molecule has 5 nitrogen and oxygen atoms in total. The number of H-pyrrole nitrogens is 1. The smallest absolute Gasteiger partial charge is 0.260 e. The number of halogens is 2. The van der Waals surface area contributed by atoms with Gasteiger partial charge in [-0.2, -0.15) is 0 Å². The quantitative estimate of drug-likeness (QED) is 0.296. The van der Waals surface area contributed by atoms with Crippen LogP contribution in [-0.2, 0) is 11.3 Å². The standard InChI is InChI=1S/C22H17ClFN3O2S2/c1-12(19(28)25-10-14-4-2-3-5-17(14)23)31-22-26-20(29)18-16(11-30-21(18)27-22)13-6-8-15(24)9-7-13/h2-9,11-12H,10H2,1H3,(H,25,28)(H,26,27,29). The summed E-state index contributed by atoms with van der Waals surface area (Å²) < 4.78 is 13.2. The summed E-state index contributed by atoms with van der Waals surface area (Å²) in [4.78, 5) is 33.0. The van der Waals surface area contributed by atoms with E-state index in [4.69, 9.17) is 11.6 Å². The number of benzene rings is 2. The Morgan fingerprint density at radius 3 is 2.74 bits per heavy atom. The van der Waals surface area contributed by atoms with Crippen molar-refractivity contribution in [2.24, 2.45) is 0 Å². The van der Waals surface area contributed by atoms with Gasteiger partial charge in [-0.05, 0) is 36.2 Å². The summed E-state index contributed by atoms with van der Waals surface area (Å²) in [6, 6.07) is 13.3. The van der Waals surface area contributed by atoms with Crippen LogP contribution in [0.2, 0.25) is 5.02 Å². The Labute approximate surface area is 190 Å². The third-order valence-electron chi connectivity index (χ3n) is 4.65. The van der Waals surface area contributed by atoms with Crippen LogP contribution in [0.5, 0.6) is 0 Å². The van der Waals surface area contributed by atoms with Crippen LogP contribution in [0.4, 0.5) is 4.39 Å². The topological polar surface area (TPSA) is 74.8 Å². The minimum Gasteiger partial charge on any atom is -0.351 e. The molecule has 2 aromatic carbocycles. The molecule has 0 aliphatic rings. The van der Waals surface area contributed by atoms with E-state index in [1.807, 2.05) is 23.6 Å². The number of nitrogens with one attached hydrogen (secondary N) is 2. The lowest BCUT2D eigenvalue weighted by Gasteiger charge is -2.12. The molecule has 9 heteroatoms. The van der Waals surface area contributed by atoms with Crippen LogP contribution in [-0.4, -0.2) is 21.1 Å². The molecule has 0 aliphatic carbocycles. The van der Waals surface area contributed by atoms with Crippen LogP contribution in [0.25, 0.3) is 21.3 Å². The maximum atomic E-state index is 13.2. The van der Waals surface area contributed by atoms with Crippen LogP contribution in [0.3, 0.4) is 0 Å².